The van der Waals surface area contributed by atoms with Crippen LogP contribution < -0.4 is 15.2 Å². The summed E-state index contributed by atoms with van der Waals surface area (Å²) in [5.74, 6) is 0.430. The van der Waals surface area contributed by atoms with Gasteiger partial charge in [-0.15, -0.1) is 0 Å². The molecule has 0 atom stereocenters. The Labute approximate surface area is 99.6 Å². The van der Waals surface area contributed by atoms with Gasteiger partial charge in [0.2, 0.25) is 10.0 Å². The molecular formula is C9H13ClN2O3S. The van der Waals surface area contributed by atoms with Gasteiger partial charge >= 0.3 is 0 Å². The van der Waals surface area contributed by atoms with Gasteiger partial charge in [0.15, 0.2) is 0 Å². The van der Waals surface area contributed by atoms with Crippen molar-refractivity contribution in [2.24, 2.45) is 5.73 Å². The molecule has 0 aliphatic carbocycles. The van der Waals surface area contributed by atoms with E-state index in [0.717, 1.165) is 0 Å². The molecule has 0 saturated heterocycles. The number of hydrogen-bond donors (Lipinski definition) is 2. The maximum Gasteiger partial charge on any atom is 0.240 e. The van der Waals surface area contributed by atoms with Crippen LogP contribution in [0, 0.1) is 0 Å². The molecule has 0 radical (unpaired) electrons. The molecule has 1 aromatic carbocycles. The second kappa shape index (κ2) is 5.49. The van der Waals surface area contributed by atoms with Crippen molar-refractivity contribution in [3.8, 4) is 5.75 Å². The molecule has 1 aromatic rings. The lowest BCUT2D eigenvalue weighted by Gasteiger charge is -2.07. The van der Waals surface area contributed by atoms with Crippen LogP contribution in [0.25, 0.3) is 0 Å². The summed E-state index contributed by atoms with van der Waals surface area (Å²) in [7, 11) is -2.08. The third-order valence-electron chi connectivity index (χ3n) is 1.87. The van der Waals surface area contributed by atoms with Crippen LogP contribution in [0.2, 0.25) is 5.02 Å². The lowest BCUT2D eigenvalue weighted by Crippen LogP contribution is -2.29. The Morgan fingerprint density at radius 2 is 2.19 bits per heavy atom. The van der Waals surface area contributed by atoms with E-state index in [0.29, 0.717) is 5.75 Å². The monoisotopic (exact) mass is 264 g/mol. The van der Waals surface area contributed by atoms with Gasteiger partial charge in [0, 0.05) is 13.1 Å². The number of halogens is 1. The summed E-state index contributed by atoms with van der Waals surface area (Å²) in [6.07, 6.45) is 0. The number of sulfonamides is 1. The lowest BCUT2D eigenvalue weighted by molar-refractivity contribution is 0.414. The molecule has 0 saturated carbocycles. The summed E-state index contributed by atoms with van der Waals surface area (Å²) < 4.78 is 30.6. The fourth-order valence-corrected chi connectivity index (χ4v) is 2.49. The molecule has 5 nitrogen and oxygen atoms in total. The van der Waals surface area contributed by atoms with E-state index in [9.17, 15) is 8.42 Å². The first-order valence-electron chi connectivity index (χ1n) is 4.54. The zero-order valence-electron chi connectivity index (χ0n) is 8.73. The minimum absolute atomic E-state index is 0.0896. The van der Waals surface area contributed by atoms with Crippen LogP contribution in [0.4, 0.5) is 0 Å². The Hall–Kier alpha value is -0.820. The number of nitrogens with two attached hydrogens (primary N) is 1. The molecule has 90 valence electrons. The van der Waals surface area contributed by atoms with Crippen molar-refractivity contribution in [2.45, 2.75) is 4.90 Å². The van der Waals surface area contributed by atoms with Gasteiger partial charge in [0.25, 0.3) is 0 Å². The minimum Gasteiger partial charge on any atom is -0.495 e. The van der Waals surface area contributed by atoms with Gasteiger partial charge in [-0.1, -0.05) is 11.6 Å². The van der Waals surface area contributed by atoms with Crippen molar-refractivity contribution >= 4 is 21.6 Å². The van der Waals surface area contributed by atoms with E-state index in [4.69, 9.17) is 22.1 Å². The average molecular weight is 265 g/mol. The van der Waals surface area contributed by atoms with Gasteiger partial charge < -0.3 is 10.5 Å². The fraction of sp³-hybridized carbons (Fsp3) is 0.333. The van der Waals surface area contributed by atoms with Crippen molar-refractivity contribution in [2.75, 3.05) is 20.2 Å². The van der Waals surface area contributed by atoms with Crippen LogP contribution in [0.5, 0.6) is 5.75 Å². The van der Waals surface area contributed by atoms with Crippen molar-refractivity contribution in [1.82, 2.24) is 4.72 Å². The van der Waals surface area contributed by atoms with E-state index in [1.165, 1.54) is 25.3 Å². The van der Waals surface area contributed by atoms with Gasteiger partial charge in [-0.25, -0.2) is 13.1 Å². The first-order chi connectivity index (χ1) is 7.51. The van der Waals surface area contributed by atoms with E-state index in [-0.39, 0.29) is 23.0 Å². The van der Waals surface area contributed by atoms with Crippen molar-refractivity contribution in [3.05, 3.63) is 23.2 Å². The van der Waals surface area contributed by atoms with E-state index in [1.807, 2.05) is 0 Å². The molecule has 0 bridgehead atoms. The third-order valence-corrected chi connectivity index (χ3v) is 3.62. The Morgan fingerprint density at radius 1 is 1.50 bits per heavy atom. The predicted molar refractivity (Wildman–Crippen MR) is 62.2 cm³/mol. The van der Waals surface area contributed by atoms with Gasteiger partial charge in [-0.05, 0) is 18.2 Å². The van der Waals surface area contributed by atoms with E-state index in [1.54, 1.807) is 0 Å². The topological polar surface area (TPSA) is 81.4 Å². The quantitative estimate of drug-likeness (QED) is 0.815. The molecule has 0 aromatic heterocycles. The SMILES string of the molecule is COc1ccc(S(=O)(=O)NCCN)cc1Cl. The van der Waals surface area contributed by atoms with Gasteiger partial charge in [-0.2, -0.15) is 0 Å². The molecule has 0 amide bonds. The number of ether oxygens (including phenoxy) is 1. The van der Waals surface area contributed by atoms with Gasteiger partial charge in [-0.3, -0.25) is 0 Å². The van der Waals surface area contributed by atoms with E-state index >= 15 is 0 Å². The van der Waals surface area contributed by atoms with Gasteiger partial charge in [0.05, 0.1) is 17.0 Å². The van der Waals surface area contributed by atoms with E-state index < -0.39 is 10.0 Å². The van der Waals surface area contributed by atoms with Crippen molar-refractivity contribution in [1.29, 1.82) is 0 Å². The maximum absolute atomic E-state index is 11.7. The Morgan fingerprint density at radius 3 is 2.69 bits per heavy atom. The summed E-state index contributed by atoms with van der Waals surface area (Å²) in [6, 6.07) is 4.25. The smallest absolute Gasteiger partial charge is 0.240 e. The number of rotatable bonds is 5. The zero-order chi connectivity index (χ0) is 12.2. The predicted octanol–water partition coefficient (Wildman–Crippen LogP) is 0.586. The van der Waals surface area contributed by atoms with Crippen LogP contribution in [0.3, 0.4) is 0 Å². The molecule has 0 unspecified atom stereocenters. The average Bonchev–Trinajstić information content (AvgIpc) is 2.26. The number of nitrogens with one attached hydrogen (secondary N) is 1. The Kier molecular flexibility index (Phi) is 4.55. The second-order valence-electron chi connectivity index (χ2n) is 2.98. The van der Waals surface area contributed by atoms with Crippen molar-refractivity contribution < 1.29 is 13.2 Å². The molecule has 0 heterocycles. The Bertz CT molecular complexity index is 462. The highest BCUT2D eigenvalue weighted by molar-refractivity contribution is 7.89. The molecule has 16 heavy (non-hydrogen) atoms. The first-order valence-corrected chi connectivity index (χ1v) is 6.40. The summed E-state index contributed by atoms with van der Waals surface area (Å²) >= 11 is 5.83. The molecule has 0 fully saturated rings. The molecule has 7 heteroatoms. The Balaban J connectivity index is 3.01. The molecular weight excluding hydrogens is 252 g/mol. The highest BCUT2D eigenvalue weighted by Gasteiger charge is 2.14. The maximum atomic E-state index is 11.7. The van der Waals surface area contributed by atoms with Crippen molar-refractivity contribution in [3.63, 3.8) is 0 Å². The standard InChI is InChI=1S/C9H13ClN2O3S/c1-15-9-3-2-7(6-8(9)10)16(13,14)12-5-4-11/h2-3,6,12H,4-5,11H2,1H3. The molecule has 0 aliphatic rings. The summed E-state index contributed by atoms with van der Waals surface area (Å²) in [4.78, 5) is 0.0896. The van der Waals surface area contributed by atoms with Crippen LogP contribution in [-0.2, 0) is 10.0 Å². The van der Waals surface area contributed by atoms with Crippen LogP contribution in [0.1, 0.15) is 0 Å². The fourth-order valence-electron chi connectivity index (χ4n) is 1.09. The summed E-state index contributed by atoms with van der Waals surface area (Å²) in [5, 5.41) is 0.248. The lowest BCUT2D eigenvalue weighted by atomic mass is 10.3. The second-order valence-corrected chi connectivity index (χ2v) is 5.16. The molecule has 3 N–H and O–H groups in total. The normalized spacial score (nSPS) is 11.4. The minimum atomic E-state index is -3.54. The summed E-state index contributed by atoms with van der Waals surface area (Å²) in [5.41, 5.74) is 5.22. The largest absolute Gasteiger partial charge is 0.495 e. The van der Waals surface area contributed by atoms with E-state index in [2.05, 4.69) is 4.72 Å². The molecule has 0 aliphatic heterocycles. The highest BCUT2D eigenvalue weighted by atomic mass is 35.5. The zero-order valence-corrected chi connectivity index (χ0v) is 10.3. The molecule has 0 spiro atoms. The number of methoxy groups -OCH3 is 1. The molecule has 1 rings (SSSR count). The number of benzene rings is 1. The first kappa shape index (κ1) is 13.2. The van der Waals surface area contributed by atoms with Crippen LogP contribution in [-0.4, -0.2) is 28.6 Å². The summed E-state index contributed by atoms with van der Waals surface area (Å²) in [6.45, 7) is 0.426. The highest BCUT2D eigenvalue weighted by Crippen LogP contribution is 2.26. The number of hydrogen-bond acceptors (Lipinski definition) is 4. The van der Waals surface area contributed by atoms with Gasteiger partial charge in [0.1, 0.15) is 5.75 Å². The third kappa shape index (κ3) is 3.08. The van der Waals surface area contributed by atoms with Crippen LogP contribution >= 0.6 is 11.6 Å². The van der Waals surface area contributed by atoms with Crippen LogP contribution in [0.15, 0.2) is 23.1 Å².